The van der Waals surface area contributed by atoms with Crippen molar-refractivity contribution in [2.45, 2.75) is 44.6 Å². The minimum absolute atomic E-state index is 0.196. The van der Waals surface area contributed by atoms with Crippen molar-refractivity contribution in [1.82, 2.24) is 0 Å². The van der Waals surface area contributed by atoms with E-state index in [1.807, 2.05) is 6.07 Å². The van der Waals surface area contributed by atoms with Crippen molar-refractivity contribution in [3.63, 3.8) is 0 Å². The van der Waals surface area contributed by atoms with Crippen molar-refractivity contribution < 1.29 is 5.11 Å². The Kier molecular flexibility index (Phi) is 2.10. The summed E-state index contributed by atoms with van der Waals surface area (Å²) in [6.07, 6.45) is 7.27. The van der Waals surface area contributed by atoms with Crippen LogP contribution in [0.1, 0.15) is 49.3 Å². The summed E-state index contributed by atoms with van der Waals surface area (Å²) < 4.78 is 0. The Morgan fingerprint density at radius 2 is 1.80 bits per heavy atom. The lowest BCUT2D eigenvalue weighted by Gasteiger charge is -2.36. The van der Waals surface area contributed by atoms with Crippen molar-refractivity contribution in [3.8, 4) is 0 Å². The van der Waals surface area contributed by atoms with E-state index in [0.717, 1.165) is 6.42 Å². The Hall–Kier alpha value is -0.820. The SMILES string of the molecule is OC1c2ccccc2CC12CCCCC2. The third kappa shape index (κ3) is 1.33. The molecule has 80 valence electrons. The highest BCUT2D eigenvalue weighted by molar-refractivity contribution is 5.37. The van der Waals surface area contributed by atoms with Crippen molar-refractivity contribution >= 4 is 0 Å². The Morgan fingerprint density at radius 1 is 1.07 bits per heavy atom. The number of aliphatic hydroxyl groups excluding tert-OH is 1. The third-order valence-electron chi connectivity index (χ3n) is 4.32. The van der Waals surface area contributed by atoms with Crippen molar-refractivity contribution in [2.75, 3.05) is 0 Å². The number of rotatable bonds is 0. The molecule has 1 spiro atoms. The molecule has 0 aliphatic heterocycles. The average Bonchev–Trinajstić information content (AvgIpc) is 2.54. The van der Waals surface area contributed by atoms with Gasteiger partial charge in [-0.3, -0.25) is 0 Å². The van der Waals surface area contributed by atoms with Crippen LogP contribution in [0.5, 0.6) is 0 Å². The molecule has 15 heavy (non-hydrogen) atoms. The summed E-state index contributed by atoms with van der Waals surface area (Å²) in [5.41, 5.74) is 2.77. The zero-order chi connectivity index (χ0) is 10.3. The van der Waals surface area contributed by atoms with E-state index < -0.39 is 0 Å². The van der Waals surface area contributed by atoms with Crippen LogP contribution < -0.4 is 0 Å². The highest BCUT2D eigenvalue weighted by atomic mass is 16.3. The molecule has 0 radical (unpaired) electrons. The first-order valence-corrected chi connectivity index (χ1v) is 6.08. The smallest absolute Gasteiger partial charge is 0.0852 e. The van der Waals surface area contributed by atoms with Crippen LogP contribution in [-0.2, 0) is 6.42 Å². The standard InChI is InChI=1S/C14H18O/c15-13-12-7-3-2-6-11(12)10-14(13)8-4-1-5-9-14/h2-3,6-7,13,15H,1,4-5,8-10H2. The fraction of sp³-hybridized carbons (Fsp3) is 0.571. The maximum atomic E-state index is 10.5. The molecule has 1 atom stereocenters. The summed E-state index contributed by atoms with van der Waals surface area (Å²) >= 11 is 0. The van der Waals surface area contributed by atoms with Gasteiger partial charge in [-0.2, -0.15) is 0 Å². The molecule has 2 aliphatic carbocycles. The van der Waals surface area contributed by atoms with E-state index in [9.17, 15) is 5.11 Å². The van der Waals surface area contributed by atoms with E-state index in [-0.39, 0.29) is 11.5 Å². The molecular formula is C14H18O. The molecule has 0 amide bonds. The molecule has 3 rings (SSSR count). The van der Waals surface area contributed by atoms with Gasteiger partial charge in [0.1, 0.15) is 0 Å². The van der Waals surface area contributed by atoms with Crippen LogP contribution in [0.2, 0.25) is 0 Å². The van der Waals surface area contributed by atoms with Crippen LogP contribution in [0, 0.1) is 5.41 Å². The average molecular weight is 202 g/mol. The van der Waals surface area contributed by atoms with Crippen molar-refractivity contribution in [2.24, 2.45) is 5.41 Å². The first-order chi connectivity index (χ1) is 7.32. The van der Waals surface area contributed by atoms with Gasteiger partial charge in [0.05, 0.1) is 6.10 Å². The van der Waals surface area contributed by atoms with E-state index in [2.05, 4.69) is 18.2 Å². The highest BCUT2D eigenvalue weighted by Crippen LogP contribution is 2.53. The summed E-state index contributed by atoms with van der Waals surface area (Å²) in [5.74, 6) is 0. The largest absolute Gasteiger partial charge is 0.388 e. The van der Waals surface area contributed by atoms with E-state index in [1.54, 1.807) is 0 Å². The minimum Gasteiger partial charge on any atom is -0.388 e. The van der Waals surface area contributed by atoms with Gasteiger partial charge in [-0.25, -0.2) is 0 Å². The van der Waals surface area contributed by atoms with E-state index in [1.165, 1.54) is 43.2 Å². The van der Waals surface area contributed by atoms with Gasteiger partial charge >= 0.3 is 0 Å². The van der Waals surface area contributed by atoms with Gasteiger partial charge in [-0.05, 0) is 30.4 Å². The highest BCUT2D eigenvalue weighted by Gasteiger charge is 2.45. The number of benzene rings is 1. The summed E-state index contributed by atoms with van der Waals surface area (Å²) in [5, 5.41) is 10.5. The summed E-state index contributed by atoms with van der Waals surface area (Å²) in [4.78, 5) is 0. The van der Waals surface area contributed by atoms with Gasteiger partial charge in [-0.1, -0.05) is 43.5 Å². The molecular weight excluding hydrogens is 184 g/mol. The number of hydrogen-bond donors (Lipinski definition) is 1. The van der Waals surface area contributed by atoms with Crippen LogP contribution in [0.25, 0.3) is 0 Å². The van der Waals surface area contributed by atoms with Crippen LogP contribution in [0.3, 0.4) is 0 Å². The molecule has 0 saturated heterocycles. The normalized spacial score (nSPS) is 27.9. The maximum absolute atomic E-state index is 10.5. The second-order valence-electron chi connectivity index (χ2n) is 5.20. The second kappa shape index (κ2) is 3.34. The lowest BCUT2D eigenvalue weighted by molar-refractivity contribution is 0.00984. The Morgan fingerprint density at radius 3 is 2.53 bits per heavy atom. The Labute approximate surface area is 91.1 Å². The molecule has 0 heterocycles. The van der Waals surface area contributed by atoms with E-state index in [0.29, 0.717) is 0 Å². The van der Waals surface area contributed by atoms with Gasteiger partial charge in [0.2, 0.25) is 0 Å². The van der Waals surface area contributed by atoms with Crippen molar-refractivity contribution in [3.05, 3.63) is 35.4 Å². The molecule has 1 aromatic carbocycles. The molecule has 1 heteroatoms. The van der Waals surface area contributed by atoms with E-state index >= 15 is 0 Å². The monoisotopic (exact) mass is 202 g/mol. The van der Waals surface area contributed by atoms with Crippen LogP contribution in [-0.4, -0.2) is 5.11 Å². The lowest BCUT2D eigenvalue weighted by Crippen LogP contribution is -2.28. The molecule has 1 saturated carbocycles. The lowest BCUT2D eigenvalue weighted by atomic mass is 9.70. The van der Waals surface area contributed by atoms with Gasteiger partial charge in [0, 0.05) is 5.41 Å². The van der Waals surface area contributed by atoms with Gasteiger partial charge < -0.3 is 5.11 Å². The second-order valence-corrected chi connectivity index (χ2v) is 5.20. The molecule has 0 aromatic heterocycles. The van der Waals surface area contributed by atoms with Gasteiger partial charge in [-0.15, -0.1) is 0 Å². The van der Waals surface area contributed by atoms with Gasteiger partial charge in [0.25, 0.3) is 0 Å². The fourth-order valence-corrected chi connectivity index (χ4v) is 3.47. The zero-order valence-electron chi connectivity index (χ0n) is 9.08. The topological polar surface area (TPSA) is 20.2 Å². The molecule has 1 aromatic rings. The first-order valence-electron chi connectivity index (χ1n) is 6.08. The molecule has 1 N–H and O–H groups in total. The van der Waals surface area contributed by atoms with Gasteiger partial charge in [0.15, 0.2) is 0 Å². The quantitative estimate of drug-likeness (QED) is 0.685. The van der Waals surface area contributed by atoms with Crippen molar-refractivity contribution in [1.29, 1.82) is 0 Å². The molecule has 0 bridgehead atoms. The summed E-state index contributed by atoms with van der Waals surface area (Å²) in [6, 6.07) is 8.42. The molecule has 1 fully saturated rings. The number of hydrogen-bond acceptors (Lipinski definition) is 1. The maximum Gasteiger partial charge on any atom is 0.0852 e. The number of aliphatic hydroxyl groups is 1. The first kappa shape index (κ1) is 9.41. The number of fused-ring (bicyclic) bond motifs is 1. The molecule has 1 unspecified atom stereocenters. The predicted molar refractivity (Wildman–Crippen MR) is 60.6 cm³/mol. The Bertz CT molecular complexity index is 363. The molecule has 2 aliphatic rings. The summed E-state index contributed by atoms with van der Waals surface area (Å²) in [7, 11) is 0. The minimum atomic E-state index is -0.200. The Balaban J connectivity index is 1.98. The predicted octanol–water partition coefficient (Wildman–Crippen LogP) is 3.23. The van der Waals surface area contributed by atoms with Crippen LogP contribution in [0.15, 0.2) is 24.3 Å². The summed E-state index contributed by atoms with van der Waals surface area (Å²) in [6.45, 7) is 0. The van der Waals surface area contributed by atoms with Crippen LogP contribution >= 0.6 is 0 Å². The fourth-order valence-electron chi connectivity index (χ4n) is 3.47. The third-order valence-corrected chi connectivity index (χ3v) is 4.32. The zero-order valence-corrected chi connectivity index (χ0v) is 9.08. The van der Waals surface area contributed by atoms with Crippen LogP contribution in [0.4, 0.5) is 0 Å². The molecule has 1 nitrogen and oxygen atoms in total. The van der Waals surface area contributed by atoms with E-state index in [4.69, 9.17) is 0 Å².